The van der Waals surface area contributed by atoms with Crippen molar-refractivity contribution in [2.45, 2.75) is 11.3 Å². The fraction of sp³-hybridized carbons (Fsp3) is 0.300. The molecule has 3 aromatic rings. The maximum Gasteiger partial charge on any atom is 0.239 e. The summed E-state index contributed by atoms with van der Waals surface area (Å²) in [6.45, 7) is 1.63. The molecule has 3 rings (SSSR count). The van der Waals surface area contributed by atoms with Crippen molar-refractivity contribution in [3.05, 3.63) is 54.6 Å². The SMILES string of the molecule is CN(C)CCCN(C(=O)CSc1ccccc1)c1nc2ccccc2s1. The van der Waals surface area contributed by atoms with E-state index in [1.165, 1.54) is 0 Å². The zero-order valence-electron chi connectivity index (χ0n) is 15.1. The normalized spacial score (nSPS) is 11.2. The molecule has 4 nitrogen and oxygen atoms in total. The van der Waals surface area contributed by atoms with Crippen LogP contribution in [0.3, 0.4) is 0 Å². The Morgan fingerprint density at radius 2 is 1.77 bits per heavy atom. The second-order valence-electron chi connectivity index (χ2n) is 6.27. The molecule has 0 aliphatic heterocycles. The molecule has 0 aliphatic rings. The van der Waals surface area contributed by atoms with E-state index in [2.05, 4.69) is 30.0 Å². The van der Waals surface area contributed by atoms with Gasteiger partial charge in [0, 0.05) is 11.4 Å². The van der Waals surface area contributed by atoms with Gasteiger partial charge in [-0.25, -0.2) is 4.98 Å². The summed E-state index contributed by atoms with van der Waals surface area (Å²) < 4.78 is 1.11. The van der Waals surface area contributed by atoms with Crippen LogP contribution < -0.4 is 4.90 Å². The summed E-state index contributed by atoms with van der Waals surface area (Å²) in [5, 5.41) is 0.795. The second kappa shape index (κ2) is 9.16. The molecule has 1 aromatic heterocycles. The molecule has 0 unspecified atom stereocenters. The summed E-state index contributed by atoms with van der Waals surface area (Å²) in [6, 6.07) is 18.1. The minimum atomic E-state index is 0.108. The van der Waals surface area contributed by atoms with Crippen molar-refractivity contribution in [2.75, 3.05) is 37.8 Å². The van der Waals surface area contributed by atoms with Gasteiger partial charge in [0.1, 0.15) is 0 Å². The lowest BCUT2D eigenvalue weighted by atomic mass is 10.3. The summed E-state index contributed by atoms with van der Waals surface area (Å²) in [7, 11) is 4.10. The molecule has 0 bridgehead atoms. The van der Waals surface area contributed by atoms with Crippen molar-refractivity contribution >= 4 is 44.4 Å². The Balaban J connectivity index is 1.74. The number of anilines is 1. The molecule has 1 amide bonds. The Hall–Kier alpha value is -1.89. The van der Waals surface area contributed by atoms with Gasteiger partial charge in [-0.1, -0.05) is 41.7 Å². The number of para-hydroxylation sites is 1. The molecule has 0 saturated carbocycles. The van der Waals surface area contributed by atoms with E-state index >= 15 is 0 Å². The first-order chi connectivity index (χ1) is 12.6. The van der Waals surface area contributed by atoms with E-state index in [4.69, 9.17) is 0 Å². The van der Waals surface area contributed by atoms with Gasteiger partial charge in [0.2, 0.25) is 5.91 Å². The van der Waals surface area contributed by atoms with Crippen molar-refractivity contribution < 1.29 is 4.79 Å². The predicted molar refractivity (Wildman–Crippen MR) is 112 cm³/mol. The third kappa shape index (κ3) is 5.06. The van der Waals surface area contributed by atoms with Crippen LogP contribution in [-0.2, 0) is 4.79 Å². The second-order valence-corrected chi connectivity index (χ2v) is 8.33. The molecule has 136 valence electrons. The van der Waals surface area contributed by atoms with E-state index in [1.54, 1.807) is 23.1 Å². The van der Waals surface area contributed by atoms with Crippen LogP contribution in [0.2, 0.25) is 0 Å². The summed E-state index contributed by atoms with van der Waals surface area (Å²) in [6.07, 6.45) is 0.921. The van der Waals surface area contributed by atoms with Gasteiger partial charge < -0.3 is 4.90 Å². The number of carbonyl (C=O) groups excluding carboxylic acids is 1. The lowest BCUT2D eigenvalue weighted by Crippen LogP contribution is -2.34. The minimum Gasteiger partial charge on any atom is -0.309 e. The molecular weight excluding hydrogens is 362 g/mol. The van der Waals surface area contributed by atoms with Crippen LogP contribution in [0, 0.1) is 0 Å². The summed E-state index contributed by atoms with van der Waals surface area (Å²) in [5.41, 5.74) is 0.952. The van der Waals surface area contributed by atoms with Gasteiger partial charge in [0.25, 0.3) is 0 Å². The molecule has 0 atom stereocenters. The Bertz CT molecular complexity index is 815. The fourth-order valence-electron chi connectivity index (χ4n) is 2.59. The van der Waals surface area contributed by atoms with Crippen molar-refractivity contribution in [1.82, 2.24) is 9.88 Å². The Kier molecular flexibility index (Phi) is 6.66. The first kappa shape index (κ1) is 18.9. The molecule has 0 radical (unpaired) electrons. The Labute approximate surface area is 162 Å². The maximum atomic E-state index is 12.9. The molecule has 0 fully saturated rings. The molecule has 2 aromatic carbocycles. The number of thiazole rings is 1. The quantitative estimate of drug-likeness (QED) is 0.540. The van der Waals surface area contributed by atoms with Crippen LogP contribution in [0.4, 0.5) is 5.13 Å². The number of rotatable bonds is 8. The number of hydrogen-bond donors (Lipinski definition) is 0. The molecule has 6 heteroatoms. The number of amides is 1. The summed E-state index contributed by atoms with van der Waals surface area (Å²) in [4.78, 5) is 22.7. The van der Waals surface area contributed by atoms with E-state index in [0.29, 0.717) is 12.3 Å². The third-order valence-corrected chi connectivity index (χ3v) is 5.96. The molecule has 0 saturated heterocycles. The minimum absolute atomic E-state index is 0.108. The number of benzene rings is 2. The highest BCUT2D eigenvalue weighted by molar-refractivity contribution is 8.00. The number of thioether (sulfide) groups is 1. The average Bonchev–Trinajstić information content (AvgIpc) is 3.07. The van der Waals surface area contributed by atoms with Gasteiger partial charge in [0.15, 0.2) is 5.13 Å². The zero-order chi connectivity index (χ0) is 18.4. The summed E-state index contributed by atoms with van der Waals surface area (Å²) >= 11 is 3.16. The van der Waals surface area contributed by atoms with Crippen LogP contribution in [0.25, 0.3) is 10.2 Å². The number of fused-ring (bicyclic) bond motifs is 1. The van der Waals surface area contributed by atoms with Gasteiger partial charge in [-0.05, 0) is 51.3 Å². The lowest BCUT2D eigenvalue weighted by Gasteiger charge is -2.21. The highest BCUT2D eigenvalue weighted by Crippen LogP contribution is 2.29. The molecular formula is C20H23N3OS2. The zero-order valence-corrected chi connectivity index (χ0v) is 16.7. The predicted octanol–water partition coefficient (Wildman–Crippen LogP) is 4.37. The van der Waals surface area contributed by atoms with Crippen molar-refractivity contribution in [1.29, 1.82) is 0 Å². The first-order valence-electron chi connectivity index (χ1n) is 8.62. The van der Waals surface area contributed by atoms with E-state index in [-0.39, 0.29) is 5.91 Å². The lowest BCUT2D eigenvalue weighted by molar-refractivity contribution is -0.116. The number of hydrogen-bond acceptors (Lipinski definition) is 5. The average molecular weight is 386 g/mol. The van der Waals surface area contributed by atoms with Crippen LogP contribution in [0.1, 0.15) is 6.42 Å². The molecule has 26 heavy (non-hydrogen) atoms. The van der Waals surface area contributed by atoms with Crippen molar-refractivity contribution in [2.24, 2.45) is 0 Å². The fourth-order valence-corrected chi connectivity index (χ4v) is 4.39. The third-order valence-electron chi connectivity index (χ3n) is 3.91. The van der Waals surface area contributed by atoms with E-state index in [9.17, 15) is 4.79 Å². The van der Waals surface area contributed by atoms with E-state index < -0.39 is 0 Å². The first-order valence-corrected chi connectivity index (χ1v) is 10.4. The van der Waals surface area contributed by atoms with Crippen LogP contribution >= 0.6 is 23.1 Å². The highest BCUT2D eigenvalue weighted by atomic mass is 32.2. The molecule has 0 aliphatic carbocycles. The van der Waals surface area contributed by atoms with Gasteiger partial charge in [-0.2, -0.15) is 0 Å². The Morgan fingerprint density at radius 1 is 1.04 bits per heavy atom. The van der Waals surface area contributed by atoms with Crippen LogP contribution in [-0.4, -0.2) is 48.7 Å². The largest absolute Gasteiger partial charge is 0.309 e. The maximum absolute atomic E-state index is 12.9. The standard InChI is InChI=1S/C20H23N3OS2/c1-22(2)13-8-14-23(19(24)15-25-16-9-4-3-5-10-16)20-21-17-11-6-7-12-18(17)26-20/h3-7,9-12H,8,13-15H2,1-2H3. The van der Waals surface area contributed by atoms with Gasteiger partial charge >= 0.3 is 0 Å². The molecule has 1 heterocycles. The Morgan fingerprint density at radius 3 is 2.50 bits per heavy atom. The smallest absolute Gasteiger partial charge is 0.239 e. The van der Waals surface area contributed by atoms with Crippen molar-refractivity contribution in [3.63, 3.8) is 0 Å². The number of aromatic nitrogens is 1. The topological polar surface area (TPSA) is 36.4 Å². The van der Waals surface area contributed by atoms with E-state index in [1.807, 2.05) is 53.4 Å². The van der Waals surface area contributed by atoms with Gasteiger partial charge in [0.05, 0.1) is 16.0 Å². The summed E-state index contributed by atoms with van der Waals surface area (Å²) in [5.74, 6) is 0.527. The van der Waals surface area contributed by atoms with Crippen LogP contribution in [0.15, 0.2) is 59.5 Å². The highest BCUT2D eigenvalue weighted by Gasteiger charge is 2.19. The molecule has 0 spiro atoms. The monoisotopic (exact) mass is 385 g/mol. The number of nitrogens with zero attached hydrogens (tertiary/aromatic N) is 3. The van der Waals surface area contributed by atoms with Gasteiger partial charge in [-0.3, -0.25) is 9.69 Å². The molecule has 0 N–H and O–H groups in total. The van der Waals surface area contributed by atoms with E-state index in [0.717, 1.165) is 33.2 Å². The van der Waals surface area contributed by atoms with Crippen molar-refractivity contribution in [3.8, 4) is 0 Å². The number of carbonyl (C=O) groups is 1. The van der Waals surface area contributed by atoms with Crippen LogP contribution in [0.5, 0.6) is 0 Å². The van der Waals surface area contributed by atoms with Gasteiger partial charge in [-0.15, -0.1) is 11.8 Å².